The van der Waals surface area contributed by atoms with Gasteiger partial charge in [0.1, 0.15) is 0 Å². The van der Waals surface area contributed by atoms with E-state index in [1.807, 2.05) is 68.6 Å². The van der Waals surface area contributed by atoms with Crippen LogP contribution in [0.15, 0.2) is 59.5 Å². The predicted molar refractivity (Wildman–Crippen MR) is 80.3 cm³/mol. The van der Waals surface area contributed by atoms with Gasteiger partial charge >= 0.3 is 0 Å². The first-order valence-corrected chi connectivity index (χ1v) is 7.00. The Morgan fingerprint density at radius 2 is 1.68 bits per heavy atom. The third kappa shape index (κ3) is 4.14. The smallest absolute Gasteiger partial charge is 0.286 e. The first-order valence-electron chi connectivity index (χ1n) is 6.19. The molecule has 98 valence electrons. The number of thioether (sulfide) groups is 1. The monoisotopic (exact) mass is 271 g/mol. The zero-order valence-corrected chi connectivity index (χ0v) is 12.0. The van der Waals surface area contributed by atoms with E-state index in [1.54, 1.807) is 4.90 Å². The molecule has 0 saturated heterocycles. The lowest BCUT2D eigenvalue weighted by Crippen LogP contribution is -2.21. The Labute approximate surface area is 118 Å². The highest BCUT2D eigenvalue weighted by Gasteiger charge is 2.10. The van der Waals surface area contributed by atoms with E-state index >= 15 is 0 Å². The van der Waals surface area contributed by atoms with E-state index in [4.69, 9.17) is 0 Å². The van der Waals surface area contributed by atoms with Crippen molar-refractivity contribution in [2.75, 3.05) is 7.05 Å². The van der Waals surface area contributed by atoms with Crippen LogP contribution in [0.25, 0.3) is 0 Å². The van der Waals surface area contributed by atoms with E-state index in [9.17, 15) is 4.79 Å². The summed E-state index contributed by atoms with van der Waals surface area (Å²) in [5, 5.41) is 0.0627. The normalized spacial score (nSPS) is 10.2. The molecule has 0 atom stereocenters. The molecule has 2 rings (SSSR count). The van der Waals surface area contributed by atoms with Gasteiger partial charge in [-0.15, -0.1) is 0 Å². The summed E-state index contributed by atoms with van der Waals surface area (Å²) < 4.78 is 0. The molecule has 0 aliphatic rings. The molecule has 19 heavy (non-hydrogen) atoms. The van der Waals surface area contributed by atoms with E-state index in [0.717, 1.165) is 10.5 Å². The van der Waals surface area contributed by atoms with Crippen molar-refractivity contribution in [3.8, 4) is 0 Å². The topological polar surface area (TPSA) is 20.3 Å². The lowest BCUT2D eigenvalue weighted by Gasteiger charge is -2.16. The van der Waals surface area contributed by atoms with Gasteiger partial charge in [0.15, 0.2) is 0 Å². The van der Waals surface area contributed by atoms with Crippen molar-refractivity contribution >= 4 is 17.0 Å². The minimum absolute atomic E-state index is 0.0627. The molecule has 2 aromatic carbocycles. The fourth-order valence-corrected chi connectivity index (χ4v) is 2.40. The summed E-state index contributed by atoms with van der Waals surface area (Å²) in [7, 11) is 1.83. The Balaban J connectivity index is 1.94. The molecule has 0 N–H and O–H groups in total. The van der Waals surface area contributed by atoms with Crippen molar-refractivity contribution in [2.45, 2.75) is 18.4 Å². The Kier molecular flexibility index (Phi) is 4.63. The van der Waals surface area contributed by atoms with Gasteiger partial charge in [0.05, 0.1) is 0 Å². The van der Waals surface area contributed by atoms with Crippen molar-refractivity contribution in [3.63, 3.8) is 0 Å². The summed E-state index contributed by atoms with van der Waals surface area (Å²) in [5.41, 5.74) is 2.34. The highest BCUT2D eigenvalue weighted by Crippen LogP contribution is 2.22. The number of rotatable bonds is 3. The van der Waals surface area contributed by atoms with Crippen molar-refractivity contribution in [1.82, 2.24) is 4.90 Å². The minimum atomic E-state index is 0.0627. The molecular weight excluding hydrogens is 254 g/mol. The Morgan fingerprint density at radius 1 is 1.05 bits per heavy atom. The lowest BCUT2D eigenvalue weighted by atomic mass is 10.2. The Morgan fingerprint density at radius 3 is 2.32 bits per heavy atom. The summed E-state index contributed by atoms with van der Waals surface area (Å²) in [4.78, 5) is 14.8. The first-order chi connectivity index (χ1) is 9.15. The predicted octanol–water partition coefficient (Wildman–Crippen LogP) is 4.34. The second-order valence-corrected chi connectivity index (χ2v) is 5.55. The van der Waals surface area contributed by atoms with Crippen LogP contribution in [0.5, 0.6) is 0 Å². The molecule has 0 bridgehead atoms. The van der Waals surface area contributed by atoms with Crippen LogP contribution >= 0.6 is 11.8 Å². The highest BCUT2D eigenvalue weighted by molar-refractivity contribution is 8.13. The van der Waals surface area contributed by atoms with E-state index in [2.05, 4.69) is 0 Å². The van der Waals surface area contributed by atoms with Crippen LogP contribution < -0.4 is 0 Å². The molecule has 2 aromatic rings. The summed E-state index contributed by atoms with van der Waals surface area (Å²) in [6, 6.07) is 18.0. The number of nitrogens with zero attached hydrogens (tertiary/aromatic N) is 1. The average molecular weight is 271 g/mol. The highest BCUT2D eigenvalue weighted by atomic mass is 32.2. The molecule has 0 spiro atoms. The molecular formula is C16H17NOS. The third-order valence-electron chi connectivity index (χ3n) is 2.80. The molecule has 0 unspecified atom stereocenters. The summed E-state index contributed by atoms with van der Waals surface area (Å²) in [6.07, 6.45) is 0. The van der Waals surface area contributed by atoms with Crippen LogP contribution in [-0.2, 0) is 6.54 Å². The van der Waals surface area contributed by atoms with Crippen LogP contribution in [0.2, 0.25) is 0 Å². The molecule has 0 aliphatic heterocycles. The molecule has 2 nitrogen and oxygen atoms in total. The van der Waals surface area contributed by atoms with Crippen LogP contribution in [-0.4, -0.2) is 17.2 Å². The van der Waals surface area contributed by atoms with Gasteiger partial charge < -0.3 is 4.90 Å². The third-order valence-corrected chi connectivity index (χ3v) is 3.79. The maximum absolute atomic E-state index is 12.1. The molecule has 3 heteroatoms. The number of hydrogen-bond donors (Lipinski definition) is 0. The lowest BCUT2D eigenvalue weighted by molar-refractivity contribution is 0.232. The number of benzene rings is 2. The molecule has 0 heterocycles. The van der Waals surface area contributed by atoms with Gasteiger partial charge in [-0.3, -0.25) is 4.79 Å². The Hall–Kier alpha value is -1.74. The second-order valence-electron chi connectivity index (χ2n) is 4.52. The summed E-state index contributed by atoms with van der Waals surface area (Å²) in [5.74, 6) is 0. The molecule has 0 saturated carbocycles. The van der Waals surface area contributed by atoms with Crippen molar-refractivity contribution in [3.05, 3.63) is 65.7 Å². The first kappa shape index (κ1) is 13.7. The summed E-state index contributed by atoms with van der Waals surface area (Å²) >= 11 is 1.27. The van der Waals surface area contributed by atoms with Gasteiger partial charge in [-0.1, -0.05) is 48.0 Å². The summed E-state index contributed by atoms with van der Waals surface area (Å²) in [6.45, 7) is 2.68. The fraction of sp³-hybridized carbons (Fsp3) is 0.188. The van der Waals surface area contributed by atoms with Crippen LogP contribution in [0.1, 0.15) is 11.1 Å². The maximum Gasteiger partial charge on any atom is 0.286 e. The van der Waals surface area contributed by atoms with Gasteiger partial charge in [-0.25, -0.2) is 0 Å². The van der Waals surface area contributed by atoms with E-state index in [0.29, 0.717) is 6.54 Å². The number of aryl methyl sites for hydroxylation is 1. The number of amides is 1. The SMILES string of the molecule is Cc1ccc(SC(=O)N(C)Cc2ccccc2)cc1. The quantitative estimate of drug-likeness (QED) is 0.774. The van der Waals surface area contributed by atoms with Gasteiger partial charge in [-0.2, -0.15) is 0 Å². The zero-order valence-electron chi connectivity index (χ0n) is 11.2. The molecule has 0 fully saturated rings. The van der Waals surface area contributed by atoms with E-state index in [1.165, 1.54) is 17.3 Å². The van der Waals surface area contributed by atoms with Gasteiger partial charge in [0.25, 0.3) is 5.24 Å². The van der Waals surface area contributed by atoms with Crippen LogP contribution in [0.4, 0.5) is 4.79 Å². The average Bonchev–Trinajstić information content (AvgIpc) is 2.42. The van der Waals surface area contributed by atoms with Crippen molar-refractivity contribution < 1.29 is 4.79 Å². The number of hydrogen-bond acceptors (Lipinski definition) is 2. The van der Waals surface area contributed by atoms with Crippen molar-refractivity contribution in [2.24, 2.45) is 0 Å². The minimum Gasteiger partial charge on any atom is -0.332 e. The van der Waals surface area contributed by atoms with Crippen LogP contribution in [0.3, 0.4) is 0 Å². The molecule has 0 aliphatic carbocycles. The molecule has 0 aromatic heterocycles. The van der Waals surface area contributed by atoms with Gasteiger partial charge in [0.2, 0.25) is 0 Å². The number of carbonyl (C=O) groups excluding carboxylic acids is 1. The fourth-order valence-electron chi connectivity index (χ4n) is 1.71. The van der Waals surface area contributed by atoms with Gasteiger partial charge in [-0.05, 0) is 36.4 Å². The van der Waals surface area contributed by atoms with Gasteiger partial charge in [0, 0.05) is 18.5 Å². The molecule has 1 amide bonds. The standard InChI is InChI=1S/C16H17NOS/c1-13-8-10-15(11-9-13)19-16(18)17(2)12-14-6-4-3-5-7-14/h3-11H,12H2,1-2H3. The largest absolute Gasteiger partial charge is 0.332 e. The molecule has 0 radical (unpaired) electrons. The second kappa shape index (κ2) is 6.43. The van der Waals surface area contributed by atoms with E-state index < -0.39 is 0 Å². The maximum atomic E-state index is 12.1. The number of carbonyl (C=O) groups is 1. The van der Waals surface area contributed by atoms with Crippen LogP contribution in [0, 0.1) is 6.92 Å². The van der Waals surface area contributed by atoms with E-state index in [-0.39, 0.29) is 5.24 Å². The van der Waals surface area contributed by atoms with Crippen molar-refractivity contribution in [1.29, 1.82) is 0 Å². The zero-order chi connectivity index (χ0) is 13.7. The Bertz CT molecular complexity index is 536.